The van der Waals surface area contributed by atoms with Crippen LogP contribution in [0.15, 0.2) is 17.5 Å². The van der Waals surface area contributed by atoms with E-state index in [4.69, 9.17) is 10.5 Å². The highest BCUT2D eigenvalue weighted by Gasteiger charge is 2.44. The molecule has 2 heterocycles. The summed E-state index contributed by atoms with van der Waals surface area (Å²) in [5.74, 6) is -0.00671. The minimum atomic E-state index is -0.606. The van der Waals surface area contributed by atoms with Gasteiger partial charge in [-0.3, -0.25) is 4.79 Å². The van der Waals surface area contributed by atoms with Crippen molar-refractivity contribution in [1.29, 1.82) is 0 Å². The van der Waals surface area contributed by atoms with Gasteiger partial charge in [-0.2, -0.15) is 0 Å². The van der Waals surface area contributed by atoms with Gasteiger partial charge in [-0.1, -0.05) is 13.0 Å². The van der Waals surface area contributed by atoms with Crippen LogP contribution in [0.25, 0.3) is 0 Å². The summed E-state index contributed by atoms with van der Waals surface area (Å²) in [6, 6.07) is 3.90. The molecule has 0 spiro atoms. The molecule has 5 heteroatoms. The fraction of sp³-hybridized carbons (Fsp3) is 0.615. The molecule has 3 N–H and O–H groups in total. The standard InChI is InChI=1S/C13H20N2O2S/c1-3-9(10-5-4-6-18-10)15-12(16)13(2)8-17-7-11(13)14/h4-6,9,11H,3,7-8,14H2,1-2H3,(H,15,16). The van der Waals surface area contributed by atoms with E-state index in [9.17, 15) is 4.79 Å². The first-order chi connectivity index (χ1) is 8.58. The van der Waals surface area contributed by atoms with Gasteiger partial charge in [0, 0.05) is 10.9 Å². The van der Waals surface area contributed by atoms with Crippen LogP contribution in [0.4, 0.5) is 0 Å². The molecule has 1 fully saturated rings. The molecule has 1 aromatic heterocycles. The maximum Gasteiger partial charge on any atom is 0.230 e. The number of nitrogens with one attached hydrogen (secondary N) is 1. The lowest BCUT2D eigenvalue weighted by Gasteiger charge is -2.28. The van der Waals surface area contributed by atoms with E-state index in [-0.39, 0.29) is 18.0 Å². The molecular weight excluding hydrogens is 248 g/mol. The van der Waals surface area contributed by atoms with Crippen LogP contribution < -0.4 is 11.1 Å². The number of carbonyl (C=O) groups is 1. The van der Waals surface area contributed by atoms with Crippen molar-refractivity contribution in [1.82, 2.24) is 5.32 Å². The molecule has 1 aliphatic rings. The zero-order valence-corrected chi connectivity index (χ0v) is 11.6. The highest BCUT2D eigenvalue weighted by atomic mass is 32.1. The monoisotopic (exact) mass is 268 g/mol. The van der Waals surface area contributed by atoms with E-state index >= 15 is 0 Å². The number of rotatable bonds is 4. The highest BCUT2D eigenvalue weighted by molar-refractivity contribution is 7.10. The van der Waals surface area contributed by atoms with Crippen LogP contribution in [-0.4, -0.2) is 25.2 Å². The van der Waals surface area contributed by atoms with Crippen molar-refractivity contribution in [2.45, 2.75) is 32.4 Å². The SMILES string of the molecule is CCC(NC(=O)C1(C)COCC1N)c1cccs1. The van der Waals surface area contributed by atoms with Crippen LogP contribution in [0.3, 0.4) is 0 Å². The van der Waals surface area contributed by atoms with Crippen LogP contribution in [0.1, 0.15) is 31.2 Å². The van der Waals surface area contributed by atoms with Gasteiger partial charge in [-0.25, -0.2) is 0 Å². The molecule has 1 amide bonds. The summed E-state index contributed by atoms with van der Waals surface area (Å²) in [6.45, 7) is 4.81. The Morgan fingerprint density at radius 2 is 2.56 bits per heavy atom. The third-order valence-electron chi connectivity index (χ3n) is 3.64. The Morgan fingerprint density at radius 1 is 1.78 bits per heavy atom. The van der Waals surface area contributed by atoms with Crippen molar-refractivity contribution in [3.63, 3.8) is 0 Å². The number of thiophene rings is 1. The molecule has 3 atom stereocenters. The molecule has 2 rings (SSSR count). The second kappa shape index (κ2) is 5.38. The smallest absolute Gasteiger partial charge is 0.230 e. The molecule has 0 aromatic carbocycles. The van der Waals surface area contributed by atoms with Crippen molar-refractivity contribution in [3.8, 4) is 0 Å². The van der Waals surface area contributed by atoms with E-state index in [1.165, 1.54) is 4.88 Å². The van der Waals surface area contributed by atoms with Crippen LogP contribution in [-0.2, 0) is 9.53 Å². The van der Waals surface area contributed by atoms with Gasteiger partial charge in [-0.15, -0.1) is 11.3 Å². The Balaban J connectivity index is 2.06. The molecule has 3 unspecified atom stereocenters. The van der Waals surface area contributed by atoms with Gasteiger partial charge in [0.2, 0.25) is 5.91 Å². The second-order valence-corrected chi connectivity index (χ2v) is 5.97. The van der Waals surface area contributed by atoms with Crippen molar-refractivity contribution in [2.75, 3.05) is 13.2 Å². The molecule has 18 heavy (non-hydrogen) atoms. The fourth-order valence-corrected chi connectivity index (χ4v) is 2.97. The summed E-state index contributed by atoms with van der Waals surface area (Å²) >= 11 is 1.66. The average molecular weight is 268 g/mol. The summed E-state index contributed by atoms with van der Waals surface area (Å²) < 4.78 is 5.32. The van der Waals surface area contributed by atoms with Gasteiger partial charge in [0.1, 0.15) is 0 Å². The van der Waals surface area contributed by atoms with Crippen molar-refractivity contribution in [3.05, 3.63) is 22.4 Å². The molecule has 100 valence electrons. The van der Waals surface area contributed by atoms with Crippen molar-refractivity contribution < 1.29 is 9.53 Å². The van der Waals surface area contributed by atoms with E-state index in [1.807, 2.05) is 24.4 Å². The number of amides is 1. The number of hydrogen-bond acceptors (Lipinski definition) is 4. The summed E-state index contributed by atoms with van der Waals surface area (Å²) in [6.07, 6.45) is 0.873. The Morgan fingerprint density at radius 3 is 3.06 bits per heavy atom. The normalized spacial score (nSPS) is 29.2. The molecule has 0 bridgehead atoms. The Labute approximate surface area is 112 Å². The van der Waals surface area contributed by atoms with Crippen molar-refractivity contribution >= 4 is 17.2 Å². The first-order valence-electron chi connectivity index (χ1n) is 6.25. The van der Waals surface area contributed by atoms with Gasteiger partial charge >= 0.3 is 0 Å². The Hall–Kier alpha value is -0.910. The van der Waals surface area contributed by atoms with E-state index < -0.39 is 5.41 Å². The number of carbonyl (C=O) groups excluding carboxylic acids is 1. The van der Waals surface area contributed by atoms with E-state index in [0.29, 0.717) is 13.2 Å². The van der Waals surface area contributed by atoms with E-state index in [2.05, 4.69) is 12.2 Å². The van der Waals surface area contributed by atoms with Gasteiger partial charge in [-0.05, 0) is 24.8 Å². The first-order valence-corrected chi connectivity index (χ1v) is 7.13. The van der Waals surface area contributed by atoms with Crippen LogP contribution in [0.2, 0.25) is 0 Å². The topological polar surface area (TPSA) is 64.3 Å². The molecule has 1 aliphatic heterocycles. The number of nitrogens with two attached hydrogens (primary N) is 1. The number of ether oxygens (including phenoxy) is 1. The summed E-state index contributed by atoms with van der Waals surface area (Å²) in [5, 5.41) is 5.12. The van der Waals surface area contributed by atoms with E-state index in [1.54, 1.807) is 11.3 Å². The highest BCUT2D eigenvalue weighted by Crippen LogP contribution is 2.29. The largest absolute Gasteiger partial charge is 0.379 e. The van der Waals surface area contributed by atoms with Gasteiger partial charge in [0.05, 0.1) is 24.7 Å². The molecular formula is C13H20N2O2S. The van der Waals surface area contributed by atoms with Gasteiger partial charge in [0.25, 0.3) is 0 Å². The molecule has 1 aromatic rings. The van der Waals surface area contributed by atoms with Gasteiger partial charge < -0.3 is 15.8 Å². The molecule has 0 saturated carbocycles. The predicted octanol–water partition coefficient (Wildman–Crippen LogP) is 1.68. The van der Waals surface area contributed by atoms with Crippen LogP contribution >= 0.6 is 11.3 Å². The van der Waals surface area contributed by atoms with E-state index in [0.717, 1.165) is 6.42 Å². The summed E-state index contributed by atoms with van der Waals surface area (Å²) in [4.78, 5) is 13.6. The molecule has 0 aliphatic carbocycles. The fourth-order valence-electron chi connectivity index (χ4n) is 2.11. The zero-order valence-electron chi connectivity index (χ0n) is 10.8. The summed E-state index contributed by atoms with van der Waals surface area (Å²) in [5.41, 5.74) is 5.36. The lowest BCUT2D eigenvalue weighted by Crippen LogP contribution is -2.50. The Kier molecular flexibility index (Phi) is 4.04. The first kappa shape index (κ1) is 13.5. The minimum absolute atomic E-state index is 0.00671. The average Bonchev–Trinajstić information content (AvgIpc) is 2.98. The quantitative estimate of drug-likeness (QED) is 0.873. The summed E-state index contributed by atoms with van der Waals surface area (Å²) in [7, 11) is 0. The second-order valence-electron chi connectivity index (χ2n) is 4.99. The third kappa shape index (κ3) is 2.43. The van der Waals surface area contributed by atoms with Crippen molar-refractivity contribution in [2.24, 2.45) is 11.1 Å². The van der Waals surface area contributed by atoms with Crippen LogP contribution in [0.5, 0.6) is 0 Å². The van der Waals surface area contributed by atoms with Gasteiger partial charge in [0.15, 0.2) is 0 Å². The Bertz CT molecular complexity index is 407. The molecule has 1 saturated heterocycles. The predicted molar refractivity (Wildman–Crippen MR) is 72.4 cm³/mol. The van der Waals surface area contributed by atoms with Crippen LogP contribution in [0, 0.1) is 5.41 Å². The maximum absolute atomic E-state index is 12.4. The lowest BCUT2D eigenvalue weighted by atomic mass is 9.84. The minimum Gasteiger partial charge on any atom is -0.379 e. The lowest BCUT2D eigenvalue weighted by molar-refractivity contribution is -0.131. The maximum atomic E-state index is 12.4. The zero-order chi connectivity index (χ0) is 13.2. The number of hydrogen-bond donors (Lipinski definition) is 2. The third-order valence-corrected chi connectivity index (χ3v) is 4.62. The molecule has 4 nitrogen and oxygen atoms in total. The molecule has 0 radical (unpaired) electrons.